The van der Waals surface area contributed by atoms with E-state index in [4.69, 9.17) is 17.3 Å². The predicted octanol–water partition coefficient (Wildman–Crippen LogP) is 1.94. The number of nitrogens with zero attached hydrogens (tertiary/aromatic N) is 1. The van der Waals surface area contributed by atoms with Crippen molar-refractivity contribution in [3.05, 3.63) is 28.8 Å². The Balaban J connectivity index is 2.04. The number of halogens is 1. The van der Waals surface area contributed by atoms with E-state index in [0.29, 0.717) is 11.4 Å². The fourth-order valence-corrected chi connectivity index (χ4v) is 2.59. The van der Waals surface area contributed by atoms with Crippen molar-refractivity contribution in [3.8, 4) is 0 Å². The molecule has 2 unspecified atom stereocenters. The van der Waals surface area contributed by atoms with Crippen molar-refractivity contribution in [2.75, 3.05) is 5.32 Å². The average molecular weight is 324 g/mol. The summed E-state index contributed by atoms with van der Waals surface area (Å²) in [5.74, 6) is 0.206. The van der Waals surface area contributed by atoms with E-state index in [1.165, 1.54) is 0 Å². The molecule has 0 spiro atoms. The van der Waals surface area contributed by atoms with Gasteiger partial charge in [-0.2, -0.15) is 0 Å². The lowest BCUT2D eigenvalue weighted by molar-refractivity contribution is -0.124. The normalized spacial score (nSPS) is 22.3. The fourth-order valence-electron chi connectivity index (χ4n) is 2.41. The van der Waals surface area contributed by atoms with Gasteiger partial charge in [-0.05, 0) is 31.0 Å². The summed E-state index contributed by atoms with van der Waals surface area (Å²) in [4.78, 5) is 16.0. The first kappa shape index (κ1) is 16.6. The van der Waals surface area contributed by atoms with Gasteiger partial charge in [0.15, 0.2) is 12.2 Å². The molecule has 1 aliphatic heterocycles. The average Bonchev–Trinajstić information content (AvgIpc) is 2.43. The van der Waals surface area contributed by atoms with Crippen LogP contribution < -0.4 is 21.7 Å². The summed E-state index contributed by atoms with van der Waals surface area (Å²) in [6, 6.07) is 5.65. The molecule has 2 atom stereocenters. The molecular weight excluding hydrogens is 302 g/mol. The molecule has 22 heavy (non-hydrogen) atoms. The molecule has 1 saturated heterocycles. The van der Waals surface area contributed by atoms with Crippen molar-refractivity contribution in [3.63, 3.8) is 0 Å². The summed E-state index contributed by atoms with van der Waals surface area (Å²) in [7, 11) is 0. The van der Waals surface area contributed by atoms with E-state index in [-0.39, 0.29) is 17.9 Å². The van der Waals surface area contributed by atoms with Crippen LogP contribution >= 0.6 is 11.6 Å². The quantitative estimate of drug-likeness (QED) is 0.503. The van der Waals surface area contributed by atoms with E-state index in [2.05, 4.69) is 27.9 Å². The fraction of sp³-hybridized carbons (Fsp3) is 0.467. The number of hydrogen-bond donors (Lipinski definition) is 4. The summed E-state index contributed by atoms with van der Waals surface area (Å²) < 4.78 is 0. The Morgan fingerprint density at radius 2 is 2.32 bits per heavy atom. The van der Waals surface area contributed by atoms with Crippen LogP contribution in [0.3, 0.4) is 0 Å². The van der Waals surface area contributed by atoms with Crippen LogP contribution in [-0.4, -0.2) is 24.2 Å². The predicted molar refractivity (Wildman–Crippen MR) is 89.8 cm³/mol. The minimum atomic E-state index is -0.509. The summed E-state index contributed by atoms with van der Waals surface area (Å²) in [5, 5.41) is 9.70. The Labute approximate surface area is 135 Å². The SMILES string of the molecule is CCCC1CC(=O)NC(/N=C(\N)Nc2cccc(Cl)c2C)N1. The van der Waals surface area contributed by atoms with Crippen LogP contribution in [-0.2, 0) is 4.79 Å². The summed E-state index contributed by atoms with van der Waals surface area (Å²) in [6.45, 7) is 3.99. The highest BCUT2D eigenvalue weighted by Crippen LogP contribution is 2.22. The maximum absolute atomic E-state index is 11.7. The van der Waals surface area contributed by atoms with E-state index in [9.17, 15) is 4.79 Å². The molecule has 1 amide bonds. The Kier molecular flexibility index (Phi) is 5.63. The molecule has 6 nitrogen and oxygen atoms in total. The van der Waals surface area contributed by atoms with Crippen molar-refractivity contribution in [2.45, 2.75) is 45.4 Å². The lowest BCUT2D eigenvalue weighted by atomic mass is 10.1. The number of rotatable bonds is 4. The third kappa shape index (κ3) is 4.35. The molecule has 7 heteroatoms. The van der Waals surface area contributed by atoms with Crippen LogP contribution in [0, 0.1) is 6.92 Å². The Hall–Kier alpha value is -1.79. The second-order valence-electron chi connectivity index (χ2n) is 5.38. The van der Waals surface area contributed by atoms with Gasteiger partial charge in [0.25, 0.3) is 0 Å². The molecular formula is C15H22ClN5O. The topological polar surface area (TPSA) is 91.5 Å². The lowest BCUT2D eigenvalue weighted by Crippen LogP contribution is -2.56. The first-order valence-corrected chi connectivity index (χ1v) is 7.78. The van der Waals surface area contributed by atoms with Gasteiger partial charge in [-0.25, -0.2) is 4.99 Å². The van der Waals surface area contributed by atoms with Gasteiger partial charge in [-0.3, -0.25) is 10.1 Å². The van der Waals surface area contributed by atoms with E-state index in [1.807, 2.05) is 25.1 Å². The molecule has 1 aliphatic rings. The highest BCUT2D eigenvalue weighted by atomic mass is 35.5. The van der Waals surface area contributed by atoms with Gasteiger partial charge in [0.1, 0.15) is 0 Å². The monoisotopic (exact) mass is 323 g/mol. The van der Waals surface area contributed by atoms with Gasteiger partial charge in [0, 0.05) is 23.2 Å². The van der Waals surface area contributed by atoms with Crippen molar-refractivity contribution >= 4 is 29.2 Å². The zero-order valence-corrected chi connectivity index (χ0v) is 13.6. The van der Waals surface area contributed by atoms with Crippen LogP contribution in [0.1, 0.15) is 31.7 Å². The van der Waals surface area contributed by atoms with Gasteiger partial charge >= 0.3 is 0 Å². The zero-order chi connectivity index (χ0) is 16.1. The summed E-state index contributed by atoms with van der Waals surface area (Å²) in [6.07, 6.45) is 1.90. The van der Waals surface area contributed by atoms with Gasteiger partial charge < -0.3 is 16.4 Å². The number of amides is 1. The summed E-state index contributed by atoms with van der Waals surface area (Å²) in [5.41, 5.74) is 7.61. The van der Waals surface area contributed by atoms with Crippen molar-refractivity contribution in [1.29, 1.82) is 0 Å². The summed E-state index contributed by atoms with van der Waals surface area (Å²) >= 11 is 6.07. The smallest absolute Gasteiger partial charge is 0.224 e. The van der Waals surface area contributed by atoms with Gasteiger partial charge in [0.2, 0.25) is 5.91 Å². The molecule has 1 aromatic rings. The first-order chi connectivity index (χ1) is 10.5. The van der Waals surface area contributed by atoms with Gasteiger partial charge in [-0.1, -0.05) is 31.0 Å². The second kappa shape index (κ2) is 7.47. The van der Waals surface area contributed by atoms with Crippen LogP contribution in [0.15, 0.2) is 23.2 Å². The number of nitrogens with one attached hydrogen (secondary N) is 3. The standard InChI is InChI=1S/C15H22ClN5O/c1-3-5-10-8-13(22)20-15(18-10)21-14(17)19-12-7-4-6-11(16)9(12)2/h4,6-7,10,15,18H,3,5,8H2,1-2H3,(H,20,22)(H3,17,19,21). The van der Waals surface area contributed by atoms with Crippen molar-refractivity contribution in [2.24, 2.45) is 10.7 Å². The molecule has 1 fully saturated rings. The highest BCUT2D eigenvalue weighted by Gasteiger charge is 2.24. The molecule has 0 aliphatic carbocycles. The number of guanidine groups is 1. The third-order valence-corrected chi connectivity index (χ3v) is 3.97. The molecule has 1 heterocycles. The number of anilines is 1. The van der Waals surface area contributed by atoms with Crippen LogP contribution in [0.5, 0.6) is 0 Å². The van der Waals surface area contributed by atoms with E-state index >= 15 is 0 Å². The Bertz CT molecular complexity index is 575. The van der Waals surface area contributed by atoms with Crippen LogP contribution in [0.2, 0.25) is 5.02 Å². The third-order valence-electron chi connectivity index (χ3n) is 3.56. The first-order valence-electron chi connectivity index (χ1n) is 7.40. The molecule has 0 aromatic heterocycles. The van der Waals surface area contributed by atoms with Crippen LogP contribution in [0.4, 0.5) is 5.69 Å². The maximum atomic E-state index is 11.7. The second-order valence-corrected chi connectivity index (χ2v) is 5.79. The molecule has 2 rings (SSSR count). The van der Waals surface area contributed by atoms with Gasteiger partial charge in [-0.15, -0.1) is 0 Å². The van der Waals surface area contributed by atoms with E-state index < -0.39 is 6.29 Å². The highest BCUT2D eigenvalue weighted by molar-refractivity contribution is 6.31. The molecule has 120 valence electrons. The van der Waals surface area contributed by atoms with Crippen molar-refractivity contribution in [1.82, 2.24) is 10.6 Å². The minimum absolute atomic E-state index is 0.0160. The number of benzene rings is 1. The number of carbonyl (C=O) groups is 1. The number of nitrogens with two attached hydrogens (primary N) is 1. The molecule has 0 radical (unpaired) electrons. The Morgan fingerprint density at radius 1 is 1.55 bits per heavy atom. The largest absolute Gasteiger partial charge is 0.370 e. The van der Waals surface area contributed by atoms with E-state index in [0.717, 1.165) is 24.1 Å². The van der Waals surface area contributed by atoms with E-state index in [1.54, 1.807) is 0 Å². The molecule has 5 N–H and O–H groups in total. The lowest BCUT2D eigenvalue weighted by Gasteiger charge is -2.29. The van der Waals surface area contributed by atoms with Crippen molar-refractivity contribution < 1.29 is 4.79 Å². The number of hydrogen-bond acceptors (Lipinski definition) is 3. The minimum Gasteiger partial charge on any atom is -0.370 e. The zero-order valence-electron chi connectivity index (χ0n) is 12.8. The molecule has 1 aromatic carbocycles. The van der Waals surface area contributed by atoms with Gasteiger partial charge in [0.05, 0.1) is 0 Å². The Morgan fingerprint density at radius 3 is 3.05 bits per heavy atom. The maximum Gasteiger partial charge on any atom is 0.224 e. The number of carbonyl (C=O) groups excluding carboxylic acids is 1. The number of aliphatic imine (C=N–C) groups is 1. The molecule has 0 bridgehead atoms. The van der Waals surface area contributed by atoms with Crippen LogP contribution in [0.25, 0.3) is 0 Å². The molecule has 0 saturated carbocycles.